The highest BCUT2D eigenvalue weighted by atomic mass is 35.5. The van der Waals surface area contributed by atoms with E-state index in [1.807, 2.05) is 63.2 Å². The average molecular weight is 395 g/mol. The van der Waals surface area contributed by atoms with Gasteiger partial charge in [0.15, 0.2) is 6.10 Å². The third-order valence-electron chi connectivity index (χ3n) is 4.43. The highest BCUT2D eigenvalue weighted by molar-refractivity contribution is 6.30. The number of ether oxygens (including phenoxy) is 1. The first-order chi connectivity index (χ1) is 13.2. The predicted molar refractivity (Wildman–Crippen MR) is 116 cm³/mol. The topological polar surface area (TPSA) is 46.5 Å². The van der Waals surface area contributed by atoms with E-state index in [4.69, 9.17) is 16.3 Å². The van der Waals surface area contributed by atoms with E-state index in [0.717, 1.165) is 27.5 Å². The van der Waals surface area contributed by atoms with Crippen molar-refractivity contribution in [2.24, 2.45) is 0 Å². The minimum absolute atomic E-state index is 0.596. The van der Waals surface area contributed by atoms with Crippen molar-refractivity contribution < 1.29 is 14.6 Å². The normalized spacial score (nSPS) is 12.7. The monoisotopic (exact) mass is 394 g/mol. The Kier molecular flexibility index (Phi) is 5.59. The number of hydrogen-bond donors (Lipinski definition) is 1. The second kappa shape index (κ2) is 7.78. The maximum atomic E-state index is 12.2. The molecule has 4 heteroatoms. The van der Waals surface area contributed by atoms with Crippen LogP contribution in [0.25, 0.3) is 28.0 Å². The van der Waals surface area contributed by atoms with Crippen LogP contribution in [0.4, 0.5) is 0 Å². The number of carbonyl (C=O) groups is 1. The van der Waals surface area contributed by atoms with E-state index in [9.17, 15) is 9.90 Å². The van der Waals surface area contributed by atoms with E-state index < -0.39 is 17.7 Å². The zero-order chi connectivity index (χ0) is 20.5. The maximum Gasteiger partial charge on any atom is 0.337 e. The van der Waals surface area contributed by atoms with Gasteiger partial charge in [-0.25, -0.2) is 4.79 Å². The molecule has 0 aliphatic rings. The van der Waals surface area contributed by atoms with Crippen molar-refractivity contribution in [1.29, 1.82) is 0 Å². The second-order valence-electron chi connectivity index (χ2n) is 7.64. The molecule has 0 amide bonds. The van der Waals surface area contributed by atoms with Gasteiger partial charge < -0.3 is 9.84 Å². The van der Waals surface area contributed by atoms with Crippen LogP contribution in [0.15, 0.2) is 61.2 Å². The van der Waals surface area contributed by atoms with Crippen molar-refractivity contribution >= 4 is 34.4 Å². The number of carboxylic acids is 1. The molecule has 0 aromatic heterocycles. The second-order valence-corrected chi connectivity index (χ2v) is 8.07. The van der Waals surface area contributed by atoms with Crippen molar-refractivity contribution in [3.05, 3.63) is 77.3 Å². The molecule has 0 aliphatic carbocycles. The highest BCUT2D eigenvalue weighted by Crippen LogP contribution is 2.41. The standard InChI is InChI=1S/C24H23ClO3/c1-5-15-14-17-8-6-7-9-19(17)20(16-10-12-18(25)13-11-16)21(15)22(23(26)27)28-24(2,3)4/h5-14,22H,1H2,2-4H3,(H,26,27)/t22-/m0/s1. The molecule has 3 rings (SSSR count). The first-order valence-electron chi connectivity index (χ1n) is 9.06. The molecule has 0 bridgehead atoms. The van der Waals surface area contributed by atoms with E-state index in [1.54, 1.807) is 18.2 Å². The maximum absolute atomic E-state index is 12.2. The minimum atomic E-state index is -1.14. The van der Waals surface area contributed by atoms with Crippen LogP contribution < -0.4 is 0 Å². The van der Waals surface area contributed by atoms with Gasteiger partial charge in [-0.2, -0.15) is 0 Å². The highest BCUT2D eigenvalue weighted by Gasteiger charge is 2.31. The molecule has 144 valence electrons. The molecule has 0 fully saturated rings. The van der Waals surface area contributed by atoms with Gasteiger partial charge >= 0.3 is 5.97 Å². The van der Waals surface area contributed by atoms with Crippen LogP contribution in [0.1, 0.15) is 38.0 Å². The van der Waals surface area contributed by atoms with Crippen LogP contribution in [-0.4, -0.2) is 16.7 Å². The summed E-state index contributed by atoms with van der Waals surface area (Å²) in [6.07, 6.45) is 0.548. The quantitative estimate of drug-likeness (QED) is 0.521. The van der Waals surface area contributed by atoms with Gasteiger partial charge in [0.1, 0.15) is 0 Å². The summed E-state index contributed by atoms with van der Waals surface area (Å²) in [6, 6.07) is 17.3. The van der Waals surface area contributed by atoms with Crippen LogP contribution >= 0.6 is 11.6 Å². The molecule has 3 aromatic rings. The molecule has 0 radical (unpaired) electrons. The molecule has 3 aromatic carbocycles. The molecule has 0 saturated heterocycles. The Morgan fingerprint density at radius 1 is 1.14 bits per heavy atom. The summed E-state index contributed by atoms with van der Waals surface area (Å²) in [5, 5.41) is 12.6. The summed E-state index contributed by atoms with van der Waals surface area (Å²) in [5.74, 6) is -1.04. The van der Waals surface area contributed by atoms with E-state index in [0.29, 0.717) is 10.6 Å². The molecular formula is C24H23ClO3. The summed E-state index contributed by atoms with van der Waals surface area (Å²) in [7, 11) is 0. The first-order valence-corrected chi connectivity index (χ1v) is 9.43. The van der Waals surface area contributed by atoms with Crippen molar-refractivity contribution in [2.45, 2.75) is 32.5 Å². The van der Waals surface area contributed by atoms with Crippen LogP contribution in [-0.2, 0) is 9.53 Å². The molecule has 0 heterocycles. The molecule has 28 heavy (non-hydrogen) atoms. The van der Waals surface area contributed by atoms with Crippen LogP contribution in [0.3, 0.4) is 0 Å². The molecule has 1 atom stereocenters. The van der Waals surface area contributed by atoms with Gasteiger partial charge in [0, 0.05) is 10.6 Å². The van der Waals surface area contributed by atoms with Gasteiger partial charge in [0.2, 0.25) is 0 Å². The summed E-state index contributed by atoms with van der Waals surface area (Å²) in [6.45, 7) is 9.46. The molecule has 3 nitrogen and oxygen atoms in total. The Bertz CT molecular complexity index is 1030. The van der Waals surface area contributed by atoms with Crippen molar-refractivity contribution in [3.8, 4) is 11.1 Å². The lowest BCUT2D eigenvalue weighted by molar-refractivity contribution is -0.160. The van der Waals surface area contributed by atoms with Gasteiger partial charge in [-0.05, 0) is 66.4 Å². The number of carboxylic acid groups (broad SMARTS) is 1. The fraction of sp³-hybridized carbons (Fsp3) is 0.208. The average Bonchev–Trinajstić information content (AvgIpc) is 2.64. The number of rotatable bonds is 5. The van der Waals surface area contributed by atoms with Crippen LogP contribution in [0.2, 0.25) is 5.02 Å². The summed E-state index contributed by atoms with van der Waals surface area (Å²) >= 11 is 6.08. The third kappa shape index (κ3) is 4.11. The summed E-state index contributed by atoms with van der Waals surface area (Å²) in [5.41, 5.74) is 2.40. The zero-order valence-corrected chi connectivity index (χ0v) is 17.0. The Labute approximate surface area is 170 Å². The first kappa shape index (κ1) is 20.1. The van der Waals surface area contributed by atoms with Crippen molar-refractivity contribution in [1.82, 2.24) is 0 Å². The lowest BCUT2D eigenvalue weighted by Crippen LogP contribution is -2.28. The van der Waals surface area contributed by atoms with Gasteiger partial charge in [0.25, 0.3) is 0 Å². The number of fused-ring (bicyclic) bond motifs is 1. The Morgan fingerprint density at radius 3 is 2.36 bits per heavy atom. The zero-order valence-electron chi connectivity index (χ0n) is 16.2. The Balaban J connectivity index is 2.42. The smallest absolute Gasteiger partial charge is 0.337 e. The number of benzene rings is 3. The van der Waals surface area contributed by atoms with Crippen LogP contribution in [0, 0.1) is 0 Å². The third-order valence-corrected chi connectivity index (χ3v) is 4.68. The number of hydrogen-bond acceptors (Lipinski definition) is 2. The number of aliphatic carboxylic acids is 1. The Morgan fingerprint density at radius 2 is 1.79 bits per heavy atom. The molecule has 0 unspecified atom stereocenters. The summed E-state index contributed by atoms with van der Waals surface area (Å²) in [4.78, 5) is 12.2. The molecular weight excluding hydrogens is 372 g/mol. The van der Waals surface area contributed by atoms with Crippen molar-refractivity contribution in [2.75, 3.05) is 0 Å². The van der Waals surface area contributed by atoms with Gasteiger partial charge in [-0.15, -0.1) is 0 Å². The van der Waals surface area contributed by atoms with E-state index in [2.05, 4.69) is 6.58 Å². The SMILES string of the molecule is C=Cc1cc2ccccc2c(-c2ccc(Cl)cc2)c1[C@H](OC(C)(C)C)C(=O)O. The van der Waals surface area contributed by atoms with Crippen molar-refractivity contribution in [3.63, 3.8) is 0 Å². The lowest BCUT2D eigenvalue weighted by atomic mass is 9.86. The van der Waals surface area contributed by atoms with E-state index in [-0.39, 0.29) is 0 Å². The van der Waals surface area contributed by atoms with Gasteiger partial charge in [-0.1, -0.05) is 60.7 Å². The molecule has 0 spiro atoms. The molecule has 1 N–H and O–H groups in total. The van der Waals surface area contributed by atoms with E-state index >= 15 is 0 Å². The molecule has 0 aliphatic heterocycles. The van der Waals surface area contributed by atoms with E-state index in [1.165, 1.54) is 0 Å². The fourth-order valence-corrected chi connectivity index (χ4v) is 3.48. The Hall–Kier alpha value is -2.62. The largest absolute Gasteiger partial charge is 0.479 e. The van der Waals surface area contributed by atoms with Crippen LogP contribution in [0.5, 0.6) is 0 Å². The lowest BCUT2D eigenvalue weighted by Gasteiger charge is -2.28. The number of halogens is 1. The predicted octanol–water partition coefficient (Wildman–Crippen LogP) is 6.74. The summed E-state index contributed by atoms with van der Waals surface area (Å²) < 4.78 is 5.99. The molecule has 0 saturated carbocycles. The minimum Gasteiger partial charge on any atom is -0.479 e. The fourth-order valence-electron chi connectivity index (χ4n) is 3.35. The van der Waals surface area contributed by atoms with Gasteiger partial charge in [-0.3, -0.25) is 0 Å². The van der Waals surface area contributed by atoms with Gasteiger partial charge in [0.05, 0.1) is 5.60 Å².